The number of ether oxygens (including phenoxy) is 1. The van der Waals surface area contributed by atoms with Gasteiger partial charge < -0.3 is 14.5 Å². The Bertz CT molecular complexity index is 1140. The lowest BCUT2D eigenvalue weighted by Gasteiger charge is -2.29. The minimum Gasteiger partial charge on any atom is -0.444 e. The van der Waals surface area contributed by atoms with Crippen molar-refractivity contribution in [1.29, 1.82) is 0 Å². The summed E-state index contributed by atoms with van der Waals surface area (Å²) in [5.74, 6) is -0.517. The molecular formula is C27H35N4O4. The molecule has 1 aromatic heterocycles. The van der Waals surface area contributed by atoms with E-state index in [1.54, 1.807) is 43.0 Å². The highest BCUT2D eigenvalue weighted by molar-refractivity contribution is 6.19. The van der Waals surface area contributed by atoms with Crippen LogP contribution in [0.25, 0.3) is 0 Å². The van der Waals surface area contributed by atoms with Crippen LogP contribution in [0.2, 0.25) is 0 Å². The quantitative estimate of drug-likeness (QED) is 0.587. The molecule has 0 N–H and O–H groups in total. The lowest BCUT2D eigenvalue weighted by molar-refractivity contribution is -0.137. The first-order valence-corrected chi connectivity index (χ1v) is 11.7. The summed E-state index contributed by atoms with van der Waals surface area (Å²) in [7, 11) is 1.68. The number of anilines is 2. The summed E-state index contributed by atoms with van der Waals surface area (Å²) in [6.07, 6.45) is 1.19. The normalized spacial score (nSPS) is 15.5. The summed E-state index contributed by atoms with van der Waals surface area (Å²) in [5.41, 5.74) is 1.64. The number of fused-ring (bicyclic) bond motifs is 1. The molecule has 0 unspecified atom stereocenters. The number of hydrogen-bond donors (Lipinski definition) is 0. The second kappa shape index (κ2) is 9.68. The molecule has 0 aliphatic carbocycles. The van der Waals surface area contributed by atoms with Gasteiger partial charge in [-0.3, -0.25) is 19.5 Å². The van der Waals surface area contributed by atoms with Crippen LogP contribution >= 0.6 is 0 Å². The second-order valence-corrected chi connectivity index (χ2v) is 10.3. The fourth-order valence-corrected chi connectivity index (χ4v) is 4.10. The third kappa shape index (κ3) is 5.47. The highest BCUT2D eigenvalue weighted by atomic mass is 16.6. The van der Waals surface area contributed by atoms with Gasteiger partial charge >= 0.3 is 6.09 Å². The van der Waals surface area contributed by atoms with E-state index < -0.39 is 17.1 Å². The van der Waals surface area contributed by atoms with Gasteiger partial charge in [-0.15, -0.1) is 0 Å². The van der Waals surface area contributed by atoms with Gasteiger partial charge in [0.15, 0.2) is 0 Å². The highest BCUT2D eigenvalue weighted by Gasteiger charge is 2.45. The summed E-state index contributed by atoms with van der Waals surface area (Å²) < 4.78 is 5.66. The summed E-state index contributed by atoms with van der Waals surface area (Å²) in [4.78, 5) is 48.4. The zero-order valence-corrected chi connectivity index (χ0v) is 21.7. The Morgan fingerprint density at radius 3 is 2.40 bits per heavy atom. The Hall–Kier alpha value is -3.42. The smallest absolute Gasteiger partial charge is 0.410 e. The van der Waals surface area contributed by atoms with E-state index in [4.69, 9.17) is 4.74 Å². The SMILES string of the molecule is [CH2]c1ncccc1CN(Cc1ccc2c(c1)N(C)C(=O)C(C)(C)C(=O)N2CC)C(=O)OC(C)(C)C. The number of benzene rings is 1. The topological polar surface area (TPSA) is 83.1 Å². The molecule has 3 amide bonds. The van der Waals surface area contributed by atoms with Gasteiger partial charge in [0.25, 0.3) is 0 Å². The highest BCUT2D eigenvalue weighted by Crippen LogP contribution is 2.39. The average molecular weight is 480 g/mol. The predicted molar refractivity (Wildman–Crippen MR) is 136 cm³/mol. The molecule has 8 nitrogen and oxygen atoms in total. The number of carbonyl (C=O) groups is 3. The summed E-state index contributed by atoms with van der Waals surface area (Å²) in [6.45, 7) is 15.6. The van der Waals surface area contributed by atoms with E-state index in [1.165, 1.54) is 4.90 Å². The van der Waals surface area contributed by atoms with E-state index in [0.717, 1.165) is 11.1 Å². The molecule has 2 aromatic rings. The molecule has 0 spiro atoms. The molecule has 0 saturated heterocycles. The fourth-order valence-electron chi connectivity index (χ4n) is 4.10. The molecule has 0 atom stereocenters. The van der Waals surface area contributed by atoms with Crippen molar-refractivity contribution in [1.82, 2.24) is 9.88 Å². The van der Waals surface area contributed by atoms with Gasteiger partial charge in [-0.05, 0) is 77.8 Å². The molecule has 0 fully saturated rings. The average Bonchev–Trinajstić information content (AvgIpc) is 2.83. The van der Waals surface area contributed by atoms with Crippen molar-refractivity contribution in [3.8, 4) is 0 Å². The van der Waals surface area contributed by atoms with Crippen LogP contribution in [0.4, 0.5) is 16.2 Å². The number of nitrogens with zero attached hydrogens (tertiary/aromatic N) is 4. The van der Waals surface area contributed by atoms with E-state index in [2.05, 4.69) is 11.9 Å². The number of carbonyl (C=O) groups excluding carboxylic acids is 3. The molecule has 0 saturated carbocycles. The first kappa shape index (κ1) is 26.2. The van der Waals surface area contributed by atoms with Gasteiger partial charge in [-0.1, -0.05) is 12.1 Å². The molecular weight excluding hydrogens is 444 g/mol. The monoisotopic (exact) mass is 479 g/mol. The Morgan fingerprint density at radius 1 is 1.11 bits per heavy atom. The molecule has 3 rings (SSSR count). The molecule has 35 heavy (non-hydrogen) atoms. The van der Waals surface area contributed by atoms with Crippen molar-refractivity contribution in [2.45, 2.75) is 60.2 Å². The zero-order chi connectivity index (χ0) is 26.1. The van der Waals surface area contributed by atoms with Crippen LogP contribution in [0.15, 0.2) is 36.5 Å². The second-order valence-electron chi connectivity index (χ2n) is 10.3. The summed E-state index contributed by atoms with van der Waals surface area (Å²) >= 11 is 0. The van der Waals surface area contributed by atoms with Crippen LogP contribution in [0.3, 0.4) is 0 Å². The van der Waals surface area contributed by atoms with E-state index >= 15 is 0 Å². The van der Waals surface area contributed by atoms with Crippen molar-refractivity contribution < 1.29 is 19.1 Å². The van der Waals surface area contributed by atoms with Gasteiger partial charge in [0, 0.05) is 32.0 Å². The first-order valence-electron chi connectivity index (χ1n) is 11.7. The van der Waals surface area contributed by atoms with Crippen LogP contribution < -0.4 is 9.80 Å². The number of pyridine rings is 1. The van der Waals surface area contributed by atoms with E-state index in [9.17, 15) is 14.4 Å². The Balaban J connectivity index is 2.01. The van der Waals surface area contributed by atoms with E-state index in [-0.39, 0.29) is 24.9 Å². The van der Waals surface area contributed by atoms with Crippen molar-refractivity contribution in [2.75, 3.05) is 23.4 Å². The van der Waals surface area contributed by atoms with E-state index in [0.29, 0.717) is 23.6 Å². The van der Waals surface area contributed by atoms with Crippen LogP contribution in [-0.4, -0.2) is 47.0 Å². The fraction of sp³-hybridized carbons (Fsp3) is 0.444. The van der Waals surface area contributed by atoms with Gasteiger partial charge in [0.05, 0.1) is 17.9 Å². The van der Waals surface area contributed by atoms with Gasteiger partial charge in [-0.2, -0.15) is 0 Å². The lowest BCUT2D eigenvalue weighted by atomic mass is 9.90. The zero-order valence-electron chi connectivity index (χ0n) is 21.7. The number of amides is 3. The minimum absolute atomic E-state index is 0.238. The third-order valence-electron chi connectivity index (χ3n) is 6.00. The van der Waals surface area contributed by atoms with Crippen LogP contribution in [-0.2, 0) is 27.4 Å². The Labute approximate surface area is 207 Å². The van der Waals surface area contributed by atoms with Crippen LogP contribution in [0, 0.1) is 12.3 Å². The summed E-state index contributed by atoms with van der Waals surface area (Å²) in [5, 5.41) is 0. The predicted octanol–water partition coefficient (Wildman–Crippen LogP) is 4.56. The molecule has 187 valence electrons. The number of aromatic nitrogens is 1. The molecule has 8 heteroatoms. The number of hydrogen-bond acceptors (Lipinski definition) is 5. The van der Waals surface area contributed by atoms with E-state index in [1.807, 2.05) is 52.0 Å². The largest absolute Gasteiger partial charge is 0.444 e. The maximum absolute atomic E-state index is 13.2. The lowest BCUT2D eigenvalue weighted by Crippen LogP contribution is -2.47. The molecule has 0 bridgehead atoms. The molecule has 1 aliphatic heterocycles. The minimum atomic E-state index is -1.18. The standard InChI is InChI=1S/C27H35N4O4/c1-9-31-21-13-12-19(15-22(21)29(8)23(32)27(6,7)24(31)33)16-30(25(34)35-26(3,4)5)17-20-11-10-14-28-18(20)2/h10-15H,2,9,16-17H2,1,3-8H3. The maximum atomic E-state index is 13.2. The van der Waals surface area contributed by atoms with Gasteiger partial charge in [-0.25, -0.2) is 4.79 Å². The van der Waals surface area contributed by atoms with Crippen molar-refractivity contribution in [3.05, 3.63) is 60.3 Å². The molecule has 1 aliphatic rings. The van der Waals surface area contributed by atoms with Crippen LogP contribution in [0.5, 0.6) is 0 Å². The summed E-state index contributed by atoms with van der Waals surface area (Å²) in [6, 6.07) is 9.25. The van der Waals surface area contributed by atoms with Crippen molar-refractivity contribution in [2.24, 2.45) is 5.41 Å². The van der Waals surface area contributed by atoms with Gasteiger partial charge in [0.1, 0.15) is 11.0 Å². The molecule has 1 radical (unpaired) electrons. The Morgan fingerprint density at radius 2 is 1.80 bits per heavy atom. The molecule has 2 heterocycles. The van der Waals surface area contributed by atoms with Crippen LogP contribution in [0.1, 0.15) is 58.4 Å². The maximum Gasteiger partial charge on any atom is 0.410 e. The van der Waals surface area contributed by atoms with Crippen molar-refractivity contribution in [3.63, 3.8) is 0 Å². The van der Waals surface area contributed by atoms with Gasteiger partial charge in [0.2, 0.25) is 11.8 Å². The van der Waals surface area contributed by atoms with Crippen molar-refractivity contribution >= 4 is 29.3 Å². The third-order valence-corrected chi connectivity index (χ3v) is 6.00. The molecule has 1 aromatic carbocycles. The number of rotatable bonds is 5. The Kier molecular flexibility index (Phi) is 7.24. The first-order chi connectivity index (χ1) is 16.3.